The number of halogens is 1. The van der Waals surface area contributed by atoms with E-state index in [0.29, 0.717) is 25.2 Å². The molecule has 3 amide bonds. The summed E-state index contributed by atoms with van der Waals surface area (Å²) in [6.07, 6.45) is 0. The van der Waals surface area contributed by atoms with Crippen LogP contribution in [0, 0.1) is 5.82 Å². The minimum absolute atomic E-state index is 0.0528. The fourth-order valence-electron chi connectivity index (χ4n) is 3.15. The topological polar surface area (TPSA) is 69.7 Å². The first-order chi connectivity index (χ1) is 13.8. The molecular weight excluding hydrogens is 373 g/mol. The van der Waals surface area contributed by atoms with E-state index < -0.39 is 11.8 Å². The monoisotopic (exact) mass is 397 g/mol. The molecule has 0 unspecified atom stereocenters. The summed E-state index contributed by atoms with van der Waals surface area (Å²) in [5.74, 6) is -1.60. The first-order valence-corrected chi connectivity index (χ1v) is 9.56. The van der Waals surface area contributed by atoms with Crippen LogP contribution in [0.25, 0.3) is 0 Å². The first-order valence-electron chi connectivity index (χ1n) is 9.56. The van der Waals surface area contributed by atoms with Gasteiger partial charge in [0.25, 0.3) is 5.91 Å². The molecule has 1 N–H and O–H groups in total. The molecule has 0 radical (unpaired) electrons. The molecule has 7 heteroatoms. The van der Waals surface area contributed by atoms with Crippen molar-refractivity contribution >= 4 is 17.7 Å². The van der Waals surface area contributed by atoms with E-state index in [9.17, 15) is 18.8 Å². The number of amides is 3. The number of carbonyl (C=O) groups is 3. The van der Waals surface area contributed by atoms with Gasteiger partial charge in [-0.2, -0.15) is 0 Å². The third kappa shape index (κ3) is 5.19. The summed E-state index contributed by atoms with van der Waals surface area (Å²) in [7, 11) is 0. The molecule has 152 valence electrons. The number of rotatable bonds is 6. The summed E-state index contributed by atoms with van der Waals surface area (Å²) >= 11 is 0. The van der Waals surface area contributed by atoms with E-state index in [2.05, 4.69) is 5.32 Å². The molecule has 3 rings (SSSR count). The molecule has 1 saturated heterocycles. The smallest absolute Gasteiger partial charge is 0.312 e. The van der Waals surface area contributed by atoms with E-state index in [1.54, 1.807) is 36.4 Å². The Hall–Kier alpha value is -3.22. The van der Waals surface area contributed by atoms with Gasteiger partial charge >= 0.3 is 11.8 Å². The maximum Gasteiger partial charge on any atom is 0.312 e. The SMILES string of the molecule is CC(C)NC(=O)c1ccc(CN2CCN(Cc3ccc(F)cc3)C(=O)C2=O)cc1. The Balaban J connectivity index is 1.59. The van der Waals surface area contributed by atoms with Crippen molar-refractivity contribution in [2.45, 2.75) is 33.0 Å². The van der Waals surface area contributed by atoms with Gasteiger partial charge in [0.2, 0.25) is 0 Å². The summed E-state index contributed by atoms with van der Waals surface area (Å²) in [6.45, 7) is 5.20. The predicted octanol–water partition coefficient (Wildman–Crippen LogP) is 2.33. The lowest BCUT2D eigenvalue weighted by Crippen LogP contribution is -2.53. The molecule has 1 heterocycles. The fourth-order valence-corrected chi connectivity index (χ4v) is 3.15. The maximum absolute atomic E-state index is 13.0. The molecule has 2 aromatic carbocycles. The molecule has 2 aromatic rings. The minimum Gasteiger partial charge on any atom is -0.350 e. The second-order valence-corrected chi connectivity index (χ2v) is 7.40. The van der Waals surface area contributed by atoms with Crippen LogP contribution < -0.4 is 5.32 Å². The molecule has 1 fully saturated rings. The number of piperazine rings is 1. The zero-order chi connectivity index (χ0) is 21.0. The van der Waals surface area contributed by atoms with Crippen LogP contribution in [0.1, 0.15) is 35.3 Å². The van der Waals surface area contributed by atoms with Crippen LogP contribution in [-0.4, -0.2) is 46.7 Å². The van der Waals surface area contributed by atoms with Crippen molar-refractivity contribution < 1.29 is 18.8 Å². The van der Waals surface area contributed by atoms with Gasteiger partial charge in [0.1, 0.15) is 5.82 Å². The Bertz CT molecular complexity index is 895. The van der Waals surface area contributed by atoms with E-state index in [4.69, 9.17) is 0 Å². The highest BCUT2D eigenvalue weighted by molar-refractivity contribution is 6.35. The third-order valence-corrected chi connectivity index (χ3v) is 4.69. The van der Waals surface area contributed by atoms with Gasteiger partial charge in [-0.15, -0.1) is 0 Å². The van der Waals surface area contributed by atoms with Gasteiger partial charge in [-0.1, -0.05) is 24.3 Å². The minimum atomic E-state index is -0.562. The maximum atomic E-state index is 13.0. The molecule has 29 heavy (non-hydrogen) atoms. The van der Waals surface area contributed by atoms with E-state index in [0.717, 1.165) is 11.1 Å². The molecule has 0 bridgehead atoms. The normalized spacial score (nSPS) is 14.5. The molecule has 0 saturated carbocycles. The summed E-state index contributed by atoms with van der Waals surface area (Å²) < 4.78 is 13.0. The fraction of sp³-hybridized carbons (Fsp3) is 0.318. The predicted molar refractivity (Wildman–Crippen MR) is 106 cm³/mol. The molecule has 6 nitrogen and oxygen atoms in total. The second-order valence-electron chi connectivity index (χ2n) is 7.40. The van der Waals surface area contributed by atoms with Gasteiger partial charge < -0.3 is 15.1 Å². The largest absolute Gasteiger partial charge is 0.350 e. The van der Waals surface area contributed by atoms with Crippen molar-refractivity contribution in [2.24, 2.45) is 0 Å². The van der Waals surface area contributed by atoms with Crippen molar-refractivity contribution in [2.75, 3.05) is 13.1 Å². The van der Waals surface area contributed by atoms with Crippen LogP contribution in [0.5, 0.6) is 0 Å². The summed E-state index contributed by atoms with van der Waals surface area (Å²) in [5, 5.41) is 2.83. The van der Waals surface area contributed by atoms with Crippen LogP contribution in [-0.2, 0) is 22.7 Å². The number of benzene rings is 2. The first kappa shape index (κ1) is 20.5. The third-order valence-electron chi connectivity index (χ3n) is 4.69. The van der Waals surface area contributed by atoms with Gasteiger partial charge in [0.05, 0.1) is 0 Å². The number of carbonyl (C=O) groups excluding carboxylic acids is 3. The van der Waals surface area contributed by atoms with Crippen molar-refractivity contribution in [1.29, 1.82) is 0 Å². The van der Waals surface area contributed by atoms with Crippen molar-refractivity contribution in [3.8, 4) is 0 Å². The highest BCUT2D eigenvalue weighted by atomic mass is 19.1. The standard InChI is InChI=1S/C22H24FN3O3/c1-15(2)24-20(27)18-7-3-16(4-8-18)13-25-11-12-26(22(29)21(25)28)14-17-5-9-19(23)10-6-17/h3-10,15H,11-14H2,1-2H3,(H,24,27). The zero-order valence-electron chi connectivity index (χ0n) is 16.5. The number of nitrogens with zero attached hydrogens (tertiary/aromatic N) is 2. The summed E-state index contributed by atoms with van der Waals surface area (Å²) in [5.41, 5.74) is 2.17. The zero-order valence-corrected chi connectivity index (χ0v) is 16.5. The molecule has 0 aromatic heterocycles. The Morgan fingerprint density at radius 2 is 1.34 bits per heavy atom. The average Bonchev–Trinajstić information content (AvgIpc) is 2.69. The lowest BCUT2D eigenvalue weighted by molar-refractivity contribution is -0.156. The van der Waals surface area contributed by atoms with Gasteiger partial charge in [0, 0.05) is 37.8 Å². The van der Waals surface area contributed by atoms with Crippen molar-refractivity contribution in [3.05, 3.63) is 71.0 Å². The molecule has 0 atom stereocenters. The highest BCUT2D eigenvalue weighted by Gasteiger charge is 2.32. The van der Waals surface area contributed by atoms with E-state index in [1.807, 2.05) is 13.8 Å². The average molecular weight is 397 g/mol. The number of hydrogen-bond donors (Lipinski definition) is 1. The Morgan fingerprint density at radius 3 is 1.79 bits per heavy atom. The molecule has 1 aliphatic rings. The summed E-state index contributed by atoms with van der Waals surface area (Å²) in [6, 6.07) is 12.9. The molecule has 1 aliphatic heterocycles. The van der Waals surface area contributed by atoms with E-state index >= 15 is 0 Å². The quantitative estimate of drug-likeness (QED) is 0.761. The Kier molecular flexibility index (Phi) is 6.26. The van der Waals surface area contributed by atoms with Crippen molar-refractivity contribution in [1.82, 2.24) is 15.1 Å². The van der Waals surface area contributed by atoms with Gasteiger partial charge in [0.15, 0.2) is 0 Å². The van der Waals surface area contributed by atoms with Gasteiger partial charge in [-0.25, -0.2) is 4.39 Å². The number of nitrogens with one attached hydrogen (secondary N) is 1. The van der Waals surface area contributed by atoms with Crippen molar-refractivity contribution in [3.63, 3.8) is 0 Å². The van der Waals surface area contributed by atoms with Crippen LogP contribution in [0.15, 0.2) is 48.5 Å². The molecule has 0 spiro atoms. The van der Waals surface area contributed by atoms with E-state index in [-0.39, 0.29) is 24.3 Å². The van der Waals surface area contributed by atoms with E-state index in [1.165, 1.54) is 21.9 Å². The summed E-state index contributed by atoms with van der Waals surface area (Å²) in [4.78, 5) is 39.9. The Labute approximate surface area is 169 Å². The lowest BCUT2D eigenvalue weighted by Gasteiger charge is -2.33. The van der Waals surface area contributed by atoms with Crippen LogP contribution >= 0.6 is 0 Å². The molecular formula is C22H24FN3O3. The molecule has 0 aliphatic carbocycles. The van der Waals surface area contributed by atoms with Crippen LogP contribution in [0.2, 0.25) is 0 Å². The second kappa shape index (κ2) is 8.86. The lowest BCUT2D eigenvalue weighted by atomic mass is 10.1. The van der Waals surface area contributed by atoms with Crippen LogP contribution in [0.4, 0.5) is 4.39 Å². The van der Waals surface area contributed by atoms with Crippen LogP contribution in [0.3, 0.4) is 0 Å². The van der Waals surface area contributed by atoms with Gasteiger partial charge in [-0.3, -0.25) is 14.4 Å². The Morgan fingerprint density at radius 1 is 0.897 bits per heavy atom. The number of hydrogen-bond acceptors (Lipinski definition) is 3. The highest BCUT2D eigenvalue weighted by Crippen LogP contribution is 2.15. The van der Waals surface area contributed by atoms with Gasteiger partial charge in [-0.05, 0) is 49.2 Å².